The number of aromatic nitrogens is 2. The molecule has 126 valence electrons. The number of benzene rings is 3. The summed E-state index contributed by atoms with van der Waals surface area (Å²) in [5.41, 5.74) is 15.5. The number of H-pyrrole nitrogens is 1. The molecule has 0 fully saturated rings. The van der Waals surface area contributed by atoms with Crippen LogP contribution in [0.15, 0.2) is 66.7 Å². The van der Waals surface area contributed by atoms with Crippen LogP contribution in [-0.4, -0.2) is 9.97 Å². The first-order valence-electron chi connectivity index (χ1n) is 8.91. The molecule has 5 rings (SSSR count). The van der Waals surface area contributed by atoms with Crippen molar-refractivity contribution in [2.75, 3.05) is 5.73 Å². The van der Waals surface area contributed by atoms with Crippen molar-refractivity contribution in [3.05, 3.63) is 94.5 Å². The number of imidazole rings is 1. The molecule has 1 aliphatic rings. The minimum Gasteiger partial charge on any atom is -0.369 e. The Bertz CT molecular complexity index is 1100. The highest BCUT2D eigenvalue weighted by Crippen LogP contribution is 2.35. The molecule has 3 N–H and O–H groups in total. The molecule has 1 aromatic heterocycles. The minimum atomic E-state index is 0.454. The van der Waals surface area contributed by atoms with E-state index in [0.29, 0.717) is 5.95 Å². The second-order valence-electron chi connectivity index (χ2n) is 6.77. The summed E-state index contributed by atoms with van der Waals surface area (Å²) in [6.07, 6.45) is 4.42. The van der Waals surface area contributed by atoms with Crippen LogP contribution in [0.5, 0.6) is 0 Å². The number of aromatic amines is 1. The molecule has 0 spiro atoms. The fourth-order valence-electron chi connectivity index (χ4n) is 3.88. The molecule has 3 heteroatoms. The van der Waals surface area contributed by atoms with Gasteiger partial charge in [-0.3, -0.25) is 0 Å². The lowest BCUT2D eigenvalue weighted by Gasteiger charge is -2.12. The summed E-state index contributed by atoms with van der Waals surface area (Å²) in [4.78, 5) is 7.41. The summed E-state index contributed by atoms with van der Waals surface area (Å²) >= 11 is 0. The van der Waals surface area contributed by atoms with Crippen LogP contribution in [-0.2, 0) is 12.8 Å². The lowest BCUT2D eigenvalue weighted by molar-refractivity contribution is 0.965. The van der Waals surface area contributed by atoms with E-state index in [2.05, 4.69) is 76.7 Å². The SMILES string of the molecule is Nc1nc2ccc(C=C3c4ccccc4CCc4ccccc43)cc2[nH]1. The summed E-state index contributed by atoms with van der Waals surface area (Å²) < 4.78 is 0. The van der Waals surface area contributed by atoms with Gasteiger partial charge in [-0.05, 0) is 64.4 Å². The average Bonchev–Trinajstić information content (AvgIpc) is 2.96. The normalized spacial score (nSPS) is 13.2. The molecule has 3 aromatic carbocycles. The largest absolute Gasteiger partial charge is 0.369 e. The van der Waals surface area contributed by atoms with Gasteiger partial charge in [0, 0.05) is 0 Å². The zero-order chi connectivity index (χ0) is 17.5. The second-order valence-corrected chi connectivity index (χ2v) is 6.77. The predicted molar refractivity (Wildman–Crippen MR) is 108 cm³/mol. The molecular weight excluding hydrogens is 318 g/mol. The van der Waals surface area contributed by atoms with Gasteiger partial charge in [0.2, 0.25) is 0 Å². The molecule has 0 radical (unpaired) electrons. The second kappa shape index (κ2) is 5.88. The quantitative estimate of drug-likeness (QED) is 0.522. The van der Waals surface area contributed by atoms with E-state index in [1.54, 1.807) is 0 Å². The first-order chi connectivity index (χ1) is 12.8. The summed E-state index contributed by atoms with van der Waals surface area (Å²) in [7, 11) is 0. The van der Waals surface area contributed by atoms with Crippen LogP contribution in [0.1, 0.15) is 27.8 Å². The highest BCUT2D eigenvalue weighted by molar-refractivity contribution is 5.95. The van der Waals surface area contributed by atoms with Crippen LogP contribution in [0.2, 0.25) is 0 Å². The zero-order valence-corrected chi connectivity index (χ0v) is 14.4. The summed E-state index contributed by atoms with van der Waals surface area (Å²) in [6.45, 7) is 0. The highest BCUT2D eigenvalue weighted by Gasteiger charge is 2.17. The van der Waals surface area contributed by atoms with E-state index < -0.39 is 0 Å². The third-order valence-corrected chi connectivity index (χ3v) is 5.11. The van der Waals surface area contributed by atoms with Crippen molar-refractivity contribution in [1.29, 1.82) is 0 Å². The molecule has 0 atom stereocenters. The highest BCUT2D eigenvalue weighted by atomic mass is 15.0. The zero-order valence-electron chi connectivity index (χ0n) is 14.4. The number of rotatable bonds is 1. The first kappa shape index (κ1) is 15.0. The fraction of sp³-hybridized carbons (Fsp3) is 0.0870. The van der Waals surface area contributed by atoms with Crippen molar-refractivity contribution in [1.82, 2.24) is 9.97 Å². The number of hydrogen-bond acceptors (Lipinski definition) is 2. The number of hydrogen-bond donors (Lipinski definition) is 2. The molecular formula is C23H19N3. The smallest absolute Gasteiger partial charge is 0.198 e. The number of nitrogens with one attached hydrogen (secondary N) is 1. The van der Waals surface area contributed by atoms with Crippen LogP contribution in [0.3, 0.4) is 0 Å². The van der Waals surface area contributed by atoms with Crippen molar-refractivity contribution in [3.8, 4) is 0 Å². The van der Waals surface area contributed by atoms with Gasteiger partial charge in [0.25, 0.3) is 0 Å². The number of anilines is 1. The number of nitrogens with two attached hydrogens (primary N) is 1. The summed E-state index contributed by atoms with van der Waals surface area (Å²) in [5, 5.41) is 0. The number of fused-ring (bicyclic) bond motifs is 3. The molecule has 4 aromatic rings. The molecule has 0 bridgehead atoms. The Labute approximate surface area is 152 Å². The van der Waals surface area contributed by atoms with Crippen LogP contribution in [0.4, 0.5) is 5.95 Å². The number of aryl methyl sites for hydroxylation is 2. The lowest BCUT2D eigenvalue weighted by Crippen LogP contribution is -1.92. The van der Waals surface area contributed by atoms with Crippen molar-refractivity contribution in [3.63, 3.8) is 0 Å². The van der Waals surface area contributed by atoms with Gasteiger partial charge in [0.15, 0.2) is 5.95 Å². The molecule has 0 aliphatic heterocycles. The Kier molecular flexibility index (Phi) is 3.39. The summed E-state index contributed by atoms with van der Waals surface area (Å²) in [5.74, 6) is 0.454. The maximum absolute atomic E-state index is 5.79. The standard InChI is InChI=1S/C23H19N3/c24-23-25-21-12-9-15(14-22(21)26-23)13-20-18-7-3-1-5-16(18)10-11-17-6-2-4-8-19(17)20/h1-9,12-14H,10-11H2,(H3,24,25,26). The van der Waals surface area contributed by atoms with E-state index in [1.165, 1.54) is 27.8 Å². The van der Waals surface area contributed by atoms with Crippen LogP contribution < -0.4 is 5.73 Å². The first-order valence-corrected chi connectivity index (χ1v) is 8.91. The van der Waals surface area contributed by atoms with Gasteiger partial charge < -0.3 is 10.7 Å². The molecule has 0 saturated carbocycles. The van der Waals surface area contributed by atoms with Crippen molar-refractivity contribution >= 4 is 28.6 Å². The maximum atomic E-state index is 5.79. The van der Waals surface area contributed by atoms with Gasteiger partial charge in [0.1, 0.15) is 0 Å². The molecule has 0 saturated heterocycles. The summed E-state index contributed by atoms with van der Waals surface area (Å²) in [6, 6.07) is 23.7. The average molecular weight is 337 g/mol. The molecule has 26 heavy (non-hydrogen) atoms. The Hall–Kier alpha value is -3.33. The third kappa shape index (κ3) is 2.49. The van der Waals surface area contributed by atoms with E-state index in [9.17, 15) is 0 Å². The van der Waals surface area contributed by atoms with E-state index in [1.807, 2.05) is 6.07 Å². The predicted octanol–water partition coefficient (Wildman–Crippen LogP) is 4.83. The van der Waals surface area contributed by atoms with Crippen molar-refractivity contribution in [2.24, 2.45) is 0 Å². The Morgan fingerprint density at radius 2 is 1.50 bits per heavy atom. The van der Waals surface area contributed by atoms with E-state index in [-0.39, 0.29) is 0 Å². The Balaban J connectivity index is 1.74. The molecule has 3 nitrogen and oxygen atoms in total. The number of nitrogens with zero attached hydrogens (tertiary/aromatic N) is 1. The van der Waals surface area contributed by atoms with Crippen molar-refractivity contribution < 1.29 is 0 Å². The van der Waals surface area contributed by atoms with Gasteiger partial charge >= 0.3 is 0 Å². The van der Waals surface area contributed by atoms with Crippen LogP contribution in [0.25, 0.3) is 22.7 Å². The fourth-order valence-corrected chi connectivity index (χ4v) is 3.88. The van der Waals surface area contributed by atoms with Gasteiger partial charge in [0.05, 0.1) is 11.0 Å². The minimum absolute atomic E-state index is 0.454. The molecule has 1 aliphatic carbocycles. The van der Waals surface area contributed by atoms with E-state index >= 15 is 0 Å². The Morgan fingerprint density at radius 3 is 2.19 bits per heavy atom. The molecule has 0 unspecified atom stereocenters. The molecule has 0 amide bonds. The van der Waals surface area contributed by atoms with Gasteiger partial charge in [-0.25, -0.2) is 4.98 Å². The van der Waals surface area contributed by atoms with Crippen LogP contribution in [0, 0.1) is 0 Å². The van der Waals surface area contributed by atoms with E-state index in [4.69, 9.17) is 5.73 Å². The topological polar surface area (TPSA) is 54.7 Å². The lowest BCUT2D eigenvalue weighted by atomic mass is 9.92. The van der Waals surface area contributed by atoms with Crippen molar-refractivity contribution in [2.45, 2.75) is 12.8 Å². The maximum Gasteiger partial charge on any atom is 0.198 e. The monoisotopic (exact) mass is 337 g/mol. The van der Waals surface area contributed by atoms with Gasteiger partial charge in [-0.2, -0.15) is 0 Å². The van der Waals surface area contributed by atoms with Gasteiger partial charge in [-0.15, -0.1) is 0 Å². The number of nitrogen functional groups attached to an aromatic ring is 1. The molecule has 1 heterocycles. The third-order valence-electron chi connectivity index (χ3n) is 5.11. The van der Waals surface area contributed by atoms with E-state index in [0.717, 1.165) is 29.4 Å². The Morgan fingerprint density at radius 1 is 0.846 bits per heavy atom. The van der Waals surface area contributed by atoms with Crippen LogP contribution >= 0.6 is 0 Å². The van der Waals surface area contributed by atoms with Gasteiger partial charge in [-0.1, -0.05) is 54.6 Å².